The molecule has 0 aliphatic carbocycles. The van der Waals surface area contributed by atoms with E-state index in [1.54, 1.807) is 30.3 Å². The van der Waals surface area contributed by atoms with Crippen LogP contribution in [0.3, 0.4) is 0 Å². The number of methoxy groups -OCH3 is 1. The van der Waals surface area contributed by atoms with Crippen molar-refractivity contribution in [3.05, 3.63) is 76.3 Å². The summed E-state index contributed by atoms with van der Waals surface area (Å²) in [5.74, 6) is 0.0893. The van der Waals surface area contributed by atoms with Gasteiger partial charge >= 0.3 is 0 Å². The molecule has 32 heavy (non-hydrogen) atoms. The molecule has 1 amide bonds. The maximum atomic E-state index is 12.8. The Morgan fingerprint density at radius 2 is 1.81 bits per heavy atom. The molecule has 0 spiro atoms. The number of nitrogens with one attached hydrogen (secondary N) is 2. The molecule has 1 heterocycles. The second-order valence-corrected chi connectivity index (χ2v) is 10.1. The summed E-state index contributed by atoms with van der Waals surface area (Å²) in [6, 6.07) is 15.3. The molecular weight excluding hydrogens is 493 g/mol. The molecule has 4 aromatic rings. The Kier molecular flexibility index (Phi) is 6.25. The monoisotopic (exact) mass is 507 g/mol. The number of benzene rings is 3. The molecule has 1 aromatic heterocycles. The topological polar surface area (TPSA) is 97.4 Å². The Balaban J connectivity index is 1.56. The number of anilines is 2. The van der Waals surface area contributed by atoms with E-state index in [0.717, 1.165) is 0 Å². The van der Waals surface area contributed by atoms with Crippen LogP contribution in [-0.2, 0) is 10.0 Å². The summed E-state index contributed by atoms with van der Waals surface area (Å²) in [6.07, 6.45) is 0. The lowest BCUT2D eigenvalue weighted by Gasteiger charge is -2.09. The van der Waals surface area contributed by atoms with Gasteiger partial charge in [0.05, 0.1) is 21.7 Å². The molecular formula is C21H15Cl2N3O4S2. The maximum absolute atomic E-state index is 12.8. The van der Waals surface area contributed by atoms with Gasteiger partial charge in [0, 0.05) is 16.3 Å². The summed E-state index contributed by atoms with van der Waals surface area (Å²) >= 11 is 13.3. The molecule has 11 heteroatoms. The van der Waals surface area contributed by atoms with Crippen molar-refractivity contribution in [1.82, 2.24) is 4.98 Å². The Hall–Kier alpha value is -2.85. The van der Waals surface area contributed by atoms with Crippen molar-refractivity contribution in [1.29, 1.82) is 0 Å². The SMILES string of the molecule is COc1ccc(Cl)c2sc(NC(=O)c3cccc(NS(=O)(=O)c4ccc(Cl)cc4)c3)nc12. The number of carbonyl (C=O) groups is 1. The molecule has 0 bridgehead atoms. The van der Waals surface area contributed by atoms with Gasteiger partial charge in [-0.05, 0) is 54.6 Å². The average molecular weight is 508 g/mol. The lowest BCUT2D eigenvalue weighted by atomic mass is 10.2. The van der Waals surface area contributed by atoms with Gasteiger partial charge < -0.3 is 4.74 Å². The van der Waals surface area contributed by atoms with Crippen molar-refractivity contribution in [2.75, 3.05) is 17.1 Å². The third-order valence-electron chi connectivity index (χ3n) is 4.40. The standard InChI is InChI=1S/C21H15Cl2N3O4S2/c1-30-17-10-9-16(23)19-18(17)24-21(31-19)25-20(27)12-3-2-4-14(11-12)26-32(28,29)15-7-5-13(22)6-8-15/h2-11,26H,1H3,(H,24,25,27). The van der Waals surface area contributed by atoms with Gasteiger partial charge in [-0.3, -0.25) is 14.8 Å². The van der Waals surface area contributed by atoms with Gasteiger partial charge in [0.1, 0.15) is 11.3 Å². The quantitative estimate of drug-likeness (QED) is 0.350. The van der Waals surface area contributed by atoms with E-state index in [2.05, 4.69) is 15.0 Å². The van der Waals surface area contributed by atoms with Crippen LogP contribution < -0.4 is 14.8 Å². The highest BCUT2D eigenvalue weighted by Crippen LogP contribution is 2.37. The fourth-order valence-corrected chi connectivity index (χ4v) is 5.22. The summed E-state index contributed by atoms with van der Waals surface area (Å²) in [4.78, 5) is 17.2. The second-order valence-electron chi connectivity index (χ2n) is 6.54. The number of sulfonamides is 1. The van der Waals surface area contributed by atoms with Gasteiger partial charge in [-0.25, -0.2) is 13.4 Å². The van der Waals surface area contributed by atoms with Crippen molar-refractivity contribution in [2.24, 2.45) is 0 Å². The van der Waals surface area contributed by atoms with Gasteiger partial charge in [-0.1, -0.05) is 40.6 Å². The highest BCUT2D eigenvalue weighted by atomic mass is 35.5. The predicted octanol–water partition coefficient (Wildman–Crippen LogP) is 5.66. The van der Waals surface area contributed by atoms with Crippen LogP contribution in [0.1, 0.15) is 10.4 Å². The Bertz CT molecular complexity index is 1420. The first-order valence-corrected chi connectivity index (χ1v) is 12.2. The molecule has 7 nitrogen and oxygen atoms in total. The number of hydrogen-bond donors (Lipinski definition) is 2. The van der Waals surface area contributed by atoms with E-state index in [-0.39, 0.29) is 16.1 Å². The molecule has 0 radical (unpaired) electrons. The van der Waals surface area contributed by atoms with E-state index in [0.29, 0.717) is 31.1 Å². The fourth-order valence-electron chi connectivity index (χ4n) is 2.89. The van der Waals surface area contributed by atoms with Gasteiger partial charge in [0.2, 0.25) is 0 Å². The first kappa shape index (κ1) is 22.3. The highest BCUT2D eigenvalue weighted by molar-refractivity contribution is 7.92. The second kappa shape index (κ2) is 8.95. The summed E-state index contributed by atoms with van der Waals surface area (Å²) in [5.41, 5.74) is 1.03. The summed E-state index contributed by atoms with van der Waals surface area (Å²) in [6.45, 7) is 0. The summed E-state index contributed by atoms with van der Waals surface area (Å²) in [7, 11) is -2.32. The van der Waals surface area contributed by atoms with E-state index in [9.17, 15) is 13.2 Å². The Labute approximate surface area is 198 Å². The lowest BCUT2D eigenvalue weighted by molar-refractivity contribution is 0.102. The molecule has 0 unspecified atom stereocenters. The van der Waals surface area contributed by atoms with Crippen LogP contribution in [0.4, 0.5) is 10.8 Å². The predicted molar refractivity (Wildman–Crippen MR) is 128 cm³/mol. The maximum Gasteiger partial charge on any atom is 0.261 e. The molecule has 0 aliphatic rings. The smallest absolute Gasteiger partial charge is 0.261 e. The molecule has 0 fully saturated rings. The number of amides is 1. The van der Waals surface area contributed by atoms with Crippen LogP contribution >= 0.6 is 34.5 Å². The molecule has 0 aliphatic heterocycles. The van der Waals surface area contributed by atoms with E-state index in [1.165, 1.54) is 48.8 Å². The Morgan fingerprint density at radius 3 is 2.53 bits per heavy atom. The largest absolute Gasteiger partial charge is 0.494 e. The first-order chi connectivity index (χ1) is 15.3. The molecule has 0 saturated heterocycles. The van der Waals surface area contributed by atoms with E-state index in [4.69, 9.17) is 27.9 Å². The van der Waals surface area contributed by atoms with E-state index < -0.39 is 15.9 Å². The third-order valence-corrected chi connectivity index (χ3v) is 7.48. The van der Waals surface area contributed by atoms with E-state index >= 15 is 0 Å². The molecule has 0 atom stereocenters. The van der Waals surface area contributed by atoms with Crippen molar-refractivity contribution < 1.29 is 17.9 Å². The van der Waals surface area contributed by atoms with Crippen LogP contribution in [0.5, 0.6) is 5.75 Å². The zero-order valence-corrected chi connectivity index (χ0v) is 19.6. The van der Waals surface area contributed by atoms with Crippen LogP contribution in [0.2, 0.25) is 10.0 Å². The van der Waals surface area contributed by atoms with Crippen LogP contribution in [0.25, 0.3) is 10.2 Å². The average Bonchev–Trinajstić information content (AvgIpc) is 3.19. The van der Waals surface area contributed by atoms with E-state index in [1.807, 2.05) is 0 Å². The first-order valence-electron chi connectivity index (χ1n) is 9.09. The van der Waals surface area contributed by atoms with Crippen LogP contribution in [0.15, 0.2) is 65.6 Å². The molecule has 0 saturated carbocycles. The zero-order chi connectivity index (χ0) is 22.9. The number of aromatic nitrogens is 1. The molecule has 2 N–H and O–H groups in total. The van der Waals surface area contributed by atoms with Crippen LogP contribution in [0, 0.1) is 0 Å². The van der Waals surface area contributed by atoms with Crippen molar-refractivity contribution in [3.8, 4) is 5.75 Å². The molecule has 4 rings (SSSR count). The lowest BCUT2D eigenvalue weighted by Crippen LogP contribution is -2.15. The molecule has 3 aromatic carbocycles. The minimum absolute atomic E-state index is 0.0528. The fraction of sp³-hybridized carbons (Fsp3) is 0.0476. The van der Waals surface area contributed by atoms with Crippen LogP contribution in [-0.4, -0.2) is 26.4 Å². The van der Waals surface area contributed by atoms with Crippen molar-refractivity contribution in [2.45, 2.75) is 4.90 Å². The summed E-state index contributed by atoms with van der Waals surface area (Å²) in [5, 5.41) is 3.98. The van der Waals surface area contributed by atoms with Crippen molar-refractivity contribution in [3.63, 3.8) is 0 Å². The zero-order valence-electron chi connectivity index (χ0n) is 16.4. The van der Waals surface area contributed by atoms with Crippen molar-refractivity contribution >= 4 is 71.5 Å². The minimum Gasteiger partial charge on any atom is -0.494 e. The normalized spacial score (nSPS) is 11.3. The number of thiazole rings is 1. The minimum atomic E-state index is -3.84. The number of rotatable bonds is 6. The van der Waals surface area contributed by atoms with Gasteiger partial charge in [-0.15, -0.1) is 0 Å². The highest BCUT2D eigenvalue weighted by Gasteiger charge is 2.17. The third kappa shape index (κ3) is 4.66. The van der Waals surface area contributed by atoms with Gasteiger partial charge in [0.25, 0.3) is 15.9 Å². The van der Waals surface area contributed by atoms with Gasteiger partial charge in [-0.2, -0.15) is 0 Å². The summed E-state index contributed by atoms with van der Waals surface area (Å²) < 4.78 is 33.6. The number of halogens is 2. The molecule has 164 valence electrons. The number of ether oxygens (including phenoxy) is 1. The Morgan fingerprint density at radius 1 is 1.06 bits per heavy atom. The number of hydrogen-bond acceptors (Lipinski definition) is 6. The number of nitrogens with zero attached hydrogens (tertiary/aromatic N) is 1. The number of carbonyl (C=O) groups excluding carboxylic acids is 1. The van der Waals surface area contributed by atoms with Gasteiger partial charge in [0.15, 0.2) is 5.13 Å². The number of fused-ring (bicyclic) bond motifs is 1.